The molecule has 0 spiro atoms. The van der Waals surface area contributed by atoms with Gasteiger partial charge in [0.25, 0.3) is 0 Å². The minimum Gasteiger partial charge on any atom is -0.338 e. The summed E-state index contributed by atoms with van der Waals surface area (Å²) in [7, 11) is 0. The number of hydrogen-bond acceptors (Lipinski definition) is 4. The fourth-order valence-corrected chi connectivity index (χ4v) is 2.16. The lowest BCUT2D eigenvalue weighted by atomic mass is 10.1. The number of nitrogens with zero attached hydrogens (tertiary/aromatic N) is 1. The normalized spacial score (nSPS) is 11.2. The predicted molar refractivity (Wildman–Crippen MR) is 94.0 cm³/mol. The SMILES string of the molecule is CCCNC(=O)NC(=O)CN(CC)CC(=O)Nc1ccccc1C(F)(F)F. The summed E-state index contributed by atoms with van der Waals surface area (Å²) in [6.45, 7) is 3.70. The van der Waals surface area contributed by atoms with Gasteiger partial charge in [-0.25, -0.2) is 4.79 Å². The third kappa shape index (κ3) is 8.07. The van der Waals surface area contributed by atoms with E-state index in [1.54, 1.807) is 6.92 Å². The van der Waals surface area contributed by atoms with Gasteiger partial charge >= 0.3 is 12.2 Å². The minimum atomic E-state index is -4.60. The second-order valence-electron chi connectivity index (χ2n) is 5.70. The molecule has 0 unspecified atom stereocenters. The van der Waals surface area contributed by atoms with Crippen molar-refractivity contribution >= 4 is 23.5 Å². The van der Waals surface area contributed by atoms with Crippen LogP contribution in [-0.4, -0.2) is 48.9 Å². The van der Waals surface area contributed by atoms with Crippen molar-refractivity contribution in [3.8, 4) is 0 Å². The van der Waals surface area contributed by atoms with E-state index in [1.807, 2.05) is 6.92 Å². The number of para-hydroxylation sites is 1. The van der Waals surface area contributed by atoms with Crippen molar-refractivity contribution in [2.75, 3.05) is 31.5 Å². The van der Waals surface area contributed by atoms with E-state index in [9.17, 15) is 27.6 Å². The fraction of sp³-hybridized carbons (Fsp3) is 0.471. The van der Waals surface area contributed by atoms with Crippen LogP contribution in [0.2, 0.25) is 0 Å². The zero-order valence-electron chi connectivity index (χ0n) is 15.2. The van der Waals surface area contributed by atoms with Crippen LogP contribution in [0.25, 0.3) is 0 Å². The van der Waals surface area contributed by atoms with Crippen LogP contribution in [-0.2, 0) is 15.8 Å². The summed E-state index contributed by atoms with van der Waals surface area (Å²) in [5, 5.41) is 6.81. The number of nitrogens with one attached hydrogen (secondary N) is 3. The Kier molecular flexibility index (Phi) is 8.73. The van der Waals surface area contributed by atoms with Crippen molar-refractivity contribution in [3.05, 3.63) is 29.8 Å². The molecule has 150 valence electrons. The monoisotopic (exact) mass is 388 g/mol. The smallest absolute Gasteiger partial charge is 0.338 e. The number of urea groups is 1. The van der Waals surface area contributed by atoms with Crippen LogP contribution in [0.5, 0.6) is 0 Å². The average molecular weight is 388 g/mol. The summed E-state index contributed by atoms with van der Waals surface area (Å²) in [5.41, 5.74) is -1.30. The average Bonchev–Trinajstić information content (AvgIpc) is 2.58. The third-order valence-corrected chi connectivity index (χ3v) is 3.48. The molecular formula is C17H23F3N4O3. The summed E-state index contributed by atoms with van der Waals surface area (Å²) in [6, 6.07) is 3.99. The molecule has 0 heterocycles. The maximum absolute atomic E-state index is 13.0. The van der Waals surface area contributed by atoms with Crippen LogP contribution < -0.4 is 16.0 Å². The lowest BCUT2D eigenvalue weighted by molar-refractivity contribution is -0.137. The second-order valence-corrected chi connectivity index (χ2v) is 5.70. The Labute approximate surface area is 155 Å². The van der Waals surface area contributed by atoms with Gasteiger partial charge in [-0.2, -0.15) is 13.2 Å². The summed E-state index contributed by atoms with van der Waals surface area (Å²) >= 11 is 0. The van der Waals surface area contributed by atoms with Gasteiger partial charge in [0.1, 0.15) is 0 Å². The molecule has 0 saturated heterocycles. The highest BCUT2D eigenvalue weighted by Gasteiger charge is 2.33. The molecule has 0 aliphatic carbocycles. The number of halogens is 3. The molecule has 0 atom stereocenters. The third-order valence-electron chi connectivity index (χ3n) is 3.48. The molecule has 7 nitrogen and oxygen atoms in total. The number of likely N-dealkylation sites (N-methyl/N-ethyl adjacent to an activating group) is 1. The first-order valence-corrected chi connectivity index (χ1v) is 8.43. The quantitative estimate of drug-likeness (QED) is 0.637. The highest BCUT2D eigenvalue weighted by molar-refractivity contribution is 5.96. The van der Waals surface area contributed by atoms with Crippen molar-refractivity contribution in [2.24, 2.45) is 0 Å². The largest absolute Gasteiger partial charge is 0.418 e. The molecule has 0 radical (unpaired) electrons. The van der Waals surface area contributed by atoms with Crippen LogP contribution in [0.3, 0.4) is 0 Å². The number of benzene rings is 1. The van der Waals surface area contributed by atoms with Gasteiger partial charge in [-0.15, -0.1) is 0 Å². The highest BCUT2D eigenvalue weighted by Crippen LogP contribution is 2.34. The maximum Gasteiger partial charge on any atom is 0.418 e. The van der Waals surface area contributed by atoms with E-state index in [2.05, 4.69) is 16.0 Å². The highest BCUT2D eigenvalue weighted by atomic mass is 19.4. The van der Waals surface area contributed by atoms with Crippen molar-refractivity contribution in [1.82, 2.24) is 15.5 Å². The molecule has 1 rings (SSSR count). The molecule has 0 aliphatic rings. The van der Waals surface area contributed by atoms with Gasteiger partial charge in [0, 0.05) is 6.54 Å². The van der Waals surface area contributed by atoms with E-state index in [0.717, 1.165) is 12.1 Å². The Morgan fingerprint density at radius 2 is 1.67 bits per heavy atom. The topological polar surface area (TPSA) is 90.5 Å². The zero-order chi connectivity index (χ0) is 20.4. The maximum atomic E-state index is 13.0. The number of carbonyl (C=O) groups is 3. The molecule has 0 fully saturated rings. The summed E-state index contributed by atoms with van der Waals surface area (Å²) in [6.07, 6.45) is -3.89. The van der Waals surface area contributed by atoms with Gasteiger partial charge in [-0.05, 0) is 25.1 Å². The van der Waals surface area contributed by atoms with E-state index >= 15 is 0 Å². The first-order valence-electron chi connectivity index (χ1n) is 8.43. The van der Waals surface area contributed by atoms with Gasteiger partial charge in [0.2, 0.25) is 11.8 Å². The lowest BCUT2D eigenvalue weighted by Gasteiger charge is -2.20. The molecule has 1 aromatic rings. The van der Waals surface area contributed by atoms with Crippen LogP contribution >= 0.6 is 0 Å². The van der Waals surface area contributed by atoms with Crippen molar-refractivity contribution < 1.29 is 27.6 Å². The predicted octanol–water partition coefficient (Wildman–Crippen LogP) is 2.20. The van der Waals surface area contributed by atoms with E-state index in [0.29, 0.717) is 19.5 Å². The fourth-order valence-electron chi connectivity index (χ4n) is 2.16. The van der Waals surface area contributed by atoms with Gasteiger partial charge < -0.3 is 10.6 Å². The first kappa shape index (κ1) is 22.4. The minimum absolute atomic E-state index is 0.246. The lowest BCUT2D eigenvalue weighted by Crippen LogP contribution is -2.46. The number of alkyl halides is 3. The van der Waals surface area contributed by atoms with Crippen LogP contribution in [0, 0.1) is 0 Å². The van der Waals surface area contributed by atoms with Crippen LogP contribution in [0.1, 0.15) is 25.8 Å². The number of carbonyl (C=O) groups excluding carboxylic acids is 3. The second kappa shape index (κ2) is 10.5. The summed E-state index contributed by atoms with van der Waals surface area (Å²) in [5.74, 6) is -1.31. The number of imide groups is 1. The standard InChI is InChI=1S/C17H23F3N4O3/c1-3-9-21-16(27)23-15(26)11-24(4-2)10-14(25)22-13-8-6-5-7-12(13)17(18,19)20/h5-8H,3-4,9-11H2,1-2H3,(H,22,25)(H2,21,23,26,27). The Balaban J connectivity index is 2.62. The van der Waals surface area contributed by atoms with Crippen LogP contribution in [0.4, 0.5) is 23.7 Å². The van der Waals surface area contributed by atoms with E-state index < -0.39 is 29.6 Å². The van der Waals surface area contributed by atoms with Crippen molar-refractivity contribution in [2.45, 2.75) is 26.4 Å². The summed E-state index contributed by atoms with van der Waals surface area (Å²) < 4.78 is 38.9. The molecular weight excluding hydrogens is 365 g/mol. The molecule has 3 N–H and O–H groups in total. The van der Waals surface area contributed by atoms with Crippen LogP contribution in [0.15, 0.2) is 24.3 Å². The van der Waals surface area contributed by atoms with E-state index in [-0.39, 0.29) is 18.8 Å². The first-order chi connectivity index (χ1) is 12.7. The molecule has 1 aromatic carbocycles. The Hall–Kier alpha value is -2.62. The Morgan fingerprint density at radius 3 is 2.26 bits per heavy atom. The van der Waals surface area contributed by atoms with Crippen molar-refractivity contribution in [1.29, 1.82) is 0 Å². The zero-order valence-corrected chi connectivity index (χ0v) is 15.2. The molecule has 4 amide bonds. The van der Waals surface area contributed by atoms with Gasteiger partial charge in [0.15, 0.2) is 0 Å². The van der Waals surface area contributed by atoms with Crippen molar-refractivity contribution in [3.63, 3.8) is 0 Å². The Morgan fingerprint density at radius 1 is 1.04 bits per heavy atom. The number of rotatable bonds is 8. The molecule has 0 aliphatic heterocycles. The van der Waals surface area contributed by atoms with E-state index in [4.69, 9.17) is 0 Å². The number of hydrogen-bond donors (Lipinski definition) is 3. The summed E-state index contributed by atoms with van der Waals surface area (Å²) in [4.78, 5) is 36.7. The van der Waals surface area contributed by atoms with Gasteiger partial charge in [-0.1, -0.05) is 26.0 Å². The van der Waals surface area contributed by atoms with Gasteiger partial charge in [0.05, 0.1) is 24.3 Å². The van der Waals surface area contributed by atoms with Gasteiger partial charge in [-0.3, -0.25) is 19.8 Å². The molecule has 0 aromatic heterocycles. The number of amides is 4. The molecule has 0 saturated carbocycles. The molecule has 0 bridgehead atoms. The number of anilines is 1. The van der Waals surface area contributed by atoms with E-state index in [1.165, 1.54) is 17.0 Å². The molecule has 10 heteroatoms. The molecule has 27 heavy (non-hydrogen) atoms. The Bertz CT molecular complexity index is 665.